The van der Waals surface area contributed by atoms with Crippen LogP contribution in [0.4, 0.5) is 0 Å². The number of para-hydroxylation sites is 3. The fourth-order valence-electron chi connectivity index (χ4n) is 6.13. The van der Waals surface area contributed by atoms with E-state index in [2.05, 4.69) is 102 Å². The topological polar surface area (TPSA) is 64.7 Å². The molecule has 0 saturated heterocycles. The zero-order chi connectivity index (χ0) is 32.6. The Hall–Kier alpha value is -6.72. The summed E-state index contributed by atoms with van der Waals surface area (Å²) in [5.74, 6) is 1.23. The first-order valence-corrected chi connectivity index (χ1v) is 16.2. The van der Waals surface area contributed by atoms with Crippen molar-refractivity contribution in [3.05, 3.63) is 170 Å². The normalized spacial score (nSPS) is 11.3. The highest BCUT2D eigenvalue weighted by Crippen LogP contribution is 2.32. The van der Waals surface area contributed by atoms with Crippen LogP contribution in [0.3, 0.4) is 0 Å². The highest BCUT2D eigenvalue weighted by Gasteiger charge is 2.14. The Balaban J connectivity index is 1.09. The van der Waals surface area contributed by atoms with E-state index in [1.807, 2.05) is 72.8 Å². The minimum Gasteiger partial charge on any atom is -0.436 e. The van der Waals surface area contributed by atoms with Gasteiger partial charge < -0.3 is 4.42 Å². The lowest BCUT2D eigenvalue weighted by molar-refractivity contribution is 0.620. The van der Waals surface area contributed by atoms with Gasteiger partial charge in [0.2, 0.25) is 5.89 Å². The Morgan fingerprint density at radius 2 is 0.857 bits per heavy atom. The first kappa shape index (κ1) is 28.5. The van der Waals surface area contributed by atoms with Gasteiger partial charge in [0.05, 0.1) is 22.6 Å². The largest absolute Gasteiger partial charge is 0.436 e. The van der Waals surface area contributed by atoms with Crippen molar-refractivity contribution in [1.82, 2.24) is 19.9 Å². The molecule has 0 saturated carbocycles. The van der Waals surface area contributed by atoms with E-state index in [0.29, 0.717) is 11.7 Å². The van der Waals surface area contributed by atoms with Crippen LogP contribution in [0.25, 0.3) is 89.7 Å². The smallest absolute Gasteiger partial charge is 0.227 e. The van der Waals surface area contributed by atoms with Gasteiger partial charge in [0, 0.05) is 33.2 Å². The summed E-state index contributed by atoms with van der Waals surface area (Å²) in [6.07, 6.45) is 0. The molecule has 0 aliphatic rings. The lowest BCUT2D eigenvalue weighted by Gasteiger charge is -2.11. The molecular weight excluding hydrogens is 601 g/mol. The van der Waals surface area contributed by atoms with E-state index in [9.17, 15) is 0 Å². The van der Waals surface area contributed by atoms with Crippen LogP contribution in [0.5, 0.6) is 0 Å². The molecule has 9 rings (SSSR count). The summed E-state index contributed by atoms with van der Waals surface area (Å²) in [5, 5.41) is 1.13. The molecule has 0 aliphatic carbocycles. The summed E-state index contributed by atoms with van der Waals surface area (Å²) < 4.78 is 6.01. The van der Waals surface area contributed by atoms with E-state index in [4.69, 9.17) is 19.4 Å². The number of benzene rings is 6. The Morgan fingerprint density at radius 3 is 1.55 bits per heavy atom. The van der Waals surface area contributed by atoms with Crippen molar-refractivity contribution >= 4 is 22.0 Å². The number of oxazole rings is 1. The molecule has 0 N–H and O–H groups in total. The average molecular weight is 629 g/mol. The summed E-state index contributed by atoms with van der Waals surface area (Å²) >= 11 is 0. The number of hydrogen-bond acceptors (Lipinski definition) is 5. The molecule has 9 aromatic rings. The van der Waals surface area contributed by atoms with Crippen LogP contribution in [0.15, 0.2) is 174 Å². The van der Waals surface area contributed by atoms with Crippen molar-refractivity contribution in [1.29, 1.82) is 0 Å². The molecule has 0 unspecified atom stereocenters. The van der Waals surface area contributed by atoms with Crippen LogP contribution < -0.4 is 0 Å². The van der Waals surface area contributed by atoms with Gasteiger partial charge in [-0.25, -0.2) is 19.9 Å². The molecule has 6 aromatic carbocycles. The molecule has 5 nitrogen and oxygen atoms in total. The van der Waals surface area contributed by atoms with Gasteiger partial charge in [-0.3, -0.25) is 0 Å². The fraction of sp³-hybridized carbons (Fsp3) is 0. The number of pyridine rings is 1. The van der Waals surface area contributed by atoms with E-state index in [1.165, 1.54) is 5.56 Å². The fourth-order valence-corrected chi connectivity index (χ4v) is 6.13. The van der Waals surface area contributed by atoms with E-state index >= 15 is 0 Å². The monoisotopic (exact) mass is 628 g/mol. The molecule has 0 spiro atoms. The number of aromatic nitrogens is 4. The van der Waals surface area contributed by atoms with Crippen LogP contribution in [0.1, 0.15) is 0 Å². The van der Waals surface area contributed by atoms with Gasteiger partial charge in [-0.1, -0.05) is 127 Å². The molecule has 3 heterocycles. The second-order valence-electron chi connectivity index (χ2n) is 11.9. The van der Waals surface area contributed by atoms with Crippen LogP contribution in [-0.2, 0) is 0 Å². The zero-order valence-corrected chi connectivity index (χ0v) is 26.4. The number of hydrogen-bond donors (Lipinski definition) is 0. The van der Waals surface area contributed by atoms with E-state index in [1.54, 1.807) is 0 Å². The summed E-state index contributed by atoms with van der Waals surface area (Å²) in [6.45, 7) is 0. The maximum atomic E-state index is 6.01. The van der Waals surface area contributed by atoms with Gasteiger partial charge in [0.1, 0.15) is 5.52 Å². The lowest BCUT2D eigenvalue weighted by Crippen LogP contribution is -1.96. The van der Waals surface area contributed by atoms with Crippen molar-refractivity contribution < 1.29 is 4.42 Å². The van der Waals surface area contributed by atoms with Gasteiger partial charge in [-0.15, -0.1) is 0 Å². The molecule has 49 heavy (non-hydrogen) atoms. The summed E-state index contributed by atoms with van der Waals surface area (Å²) in [7, 11) is 0. The SMILES string of the molecule is c1ccc(-c2ccc(-c3cc(-c4ccc(-c5ccc6ccccc6n5)cc4)nc(-c4ccc(-c5nc6ccccc6o5)cc4)n3)cc2)cc1. The Labute approximate surface area is 283 Å². The second-order valence-corrected chi connectivity index (χ2v) is 11.9. The highest BCUT2D eigenvalue weighted by atomic mass is 16.3. The number of rotatable bonds is 6. The Bertz CT molecular complexity index is 2540. The molecule has 0 fully saturated rings. The lowest BCUT2D eigenvalue weighted by atomic mass is 10.0. The summed E-state index contributed by atoms with van der Waals surface area (Å²) in [5.41, 5.74) is 12.4. The quantitative estimate of drug-likeness (QED) is 0.183. The van der Waals surface area contributed by atoms with Gasteiger partial charge in [-0.2, -0.15) is 0 Å². The number of fused-ring (bicyclic) bond motifs is 2. The van der Waals surface area contributed by atoms with Gasteiger partial charge >= 0.3 is 0 Å². The van der Waals surface area contributed by atoms with Crippen molar-refractivity contribution in [2.24, 2.45) is 0 Å². The molecule has 0 atom stereocenters. The van der Waals surface area contributed by atoms with E-state index in [-0.39, 0.29) is 0 Å². The van der Waals surface area contributed by atoms with E-state index in [0.717, 1.165) is 72.5 Å². The van der Waals surface area contributed by atoms with Crippen molar-refractivity contribution in [3.63, 3.8) is 0 Å². The first-order valence-electron chi connectivity index (χ1n) is 16.2. The van der Waals surface area contributed by atoms with Crippen LogP contribution in [0, 0.1) is 0 Å². The van der Waals surface area contributed by atoms with Crippen molar-refractivity contribution in [3.8, 4) is 67.7 Å². The van der Waals surface area contributed by atoms with Crippen LogP contribution in [0.2, 0.25) is 0 Å². The molecule has 0 bridgehead atoms. The Kier molecular flexibility index (Phi) is 7.06. The molecule has 5 heteroatoms. The minimum atomic E-state index is 0.586. The minimum absolute atomic E-state index is 0.586. The molecule has 0 radical (unpaired) electrons. The van der Waals surface area contributed by atoms with Crippen molar-refractivity contribution in [2.45, 2.75) is 0 Å². The average Bonchev–Trinajstić information content (AvgIpc) is 3.63. The van der Waals surface area contributed by atoms with Crippen LogP contribution >= 0.6 is 0 Å². The molecule has 0 aliphatic heterocycles. The number of nitrogens with zero attached hydrogens (tertiary/aromatic N) is 4. The standard InChI is InChI=1S/C44H28N4O/c1-2-8-29(9-3-1)30-14-16-33(17-15-30)40-28-41(34-20-18-32(19-21-34)38-27-26-31-10-4-5-11-37(31)45-38)47-43(46-40)35-22-24-36(25-23-35)44-48-39-12-6-7-13-42(39)49-44/h1-28H. The second kappa shape index (κ2) is 12.1. The van der Waals surface area contributed by atoms with Gasteiger partial charge in [0.25, 0.3) is 0 Å². The summed E-state index contributed by atoms with van der Waals surface area (Å²) in [6, 6.07) is 57.7. The Morgan fingerprint density at radius 1 is 0.327 bits per heavy atom. The third-order valence-electron chi connectivity index (χ3n) is 8.77. The summed E-state index contributed by atoms with van der Waals surface area (Å²) in [4.78, 5) is 19.7. The zero-order valence-electron chi connectivity index (χ0n) is 26.4. The predicted molar refractivity (Wildman–Crippen MR) is 198 cm³/mol. The first-order chi connectivity index (χ1) is 24.2. The molecule has 230 valence electrons. The molecule has 3 aromatic heterocycles. The van der Waals surface area contributed by atoms with E-state index < -0.39 is 0 Å². The maximum Gasteiger partial charge on any atom is 0.227 e. The van der Waals surface area contributed by atoms with Crippen LogP contribution in [-0.4, -0.2) is 19.9 Å². The van der Waals surface area contributed by atoms with Crippen molar-refractivity contribution in [2.75, 3.05) is 0 Å². The highest BCUT2D eigenvalue weighted by molar-refractivity contribution is 5.82. The van der Waals surface area contributed by atoms with Gasteiger partial charge in [0.15, 0.2) is 11.4 Å². The maximum absolute atomic E-state index is 6.01. The van der Waals surface area contributed by atoms with Gasteiger partial charge in [-0.05, 0) is 53.6 Å². The molecular formula is C44H28N4O. The molecule has 0 amide bonds. The third-order valence-corrected chi connectivity index (χ3v) is 8.77. The predicted octanol–water partition coefficient (Wildman–Crippen LogP) is 11.2. The third kappa shape index (κ3) is 5.64.